The topological polar surface area (TPSA) is 122 Å². The van der Waals surface area contributed by atoms with Crippen molar-refractivity contribution in [3.63, 3.8) is 0 Å². The van der Waals surface area contributed by atoms with Crippen LogP contribution in [0.2, 0.25) is 0 Å². The maximum absolute atomic E-state index is 12.6. The number of benzene rings is 1. The predicted molar refractivity (Wildman–Crippen MR) is 112 cm³/mol. The second-order valence-corrected chi connectivity index (χ2v) is 8.96. The lowest BCUT2D eigenvalue weighted by Crippen LogP contribution is -2.29. The molecule has 1 atom stereocenters. The van der Waals surface area contributed by atoms with E-state index in [0.29, 0.717) is 10.6 Å². The first kappa shape index (κ1) is 21.0. The Morgan fingerprint density at radius 2 is 2.00 bits per heavy atom. The van der Waals surface area contributed by atoms with Crippen molar-refractivity contribution in [3.05, 3.63) is 75.8 Å². The van der Waals surface area contributed by atoms with Crippen molar-refractivity contribution in [1.29, 1.82) is 5.26 Å². The fourth-order valence-electron chi connectivity index (χ4n) is 2.92. The summed E-state index contributed by atoms with van der Waals surface area (Å²) in [5.74, 6) is 0.224. The summed E-state index contributed by atoms with van der Waals surface area (Å²) in [6.45, 7) is 1.96. The summed E-state index contributed by atoms with van der Waals surface area (Å²) in [6, 6.07) is 9.78. The molecule has 9 nitrogen and oxygen atoms in total. The number of aryl methyl sites for hydroxylation is 2. The van der Waals surface area contributed by atoms with Crippen LogP contribution >= 0.6 is 0 Å². The van der Waals surface area contributed by atoms with E-state index in [2.05, 4.69) is 14.8 Å². The maximum atomic E-state index is 12.6. The van der Waals surface area contributed by atoms with Gasteiger partial charge in [0.15, 0.2) is 5.43 Å². The second kappa shape index (κ2) is 8.34. The van der Waals surface area contributed by atoms with Crippen LogP contribution in [0.3, 0.4) is 0 Å². The second-order valence-electron chi connectivity index (χ2n) is 6.70. The van der Waals surface area contributed by atoms with Crippen LogP contribution in [0, 0.1) is 18.4 Å². The molecule has 30 heavy (non-hydrogen) atoms. The van der Waals surface area contributed by atoms with Crippen LogP contribution in [0.15, 0.2) is 62.8 Å². The normalized spacial score (nSPS) is 12.6. The monoisotopic (exact) mass is 424 g/mol. The van der Waals surface area contributed by atoms with Gasteiger partial charge in [0.25, 0.3) is 5.91 Å². The third-order valence-electron chi connectivity index (χ3n) is 4.56. The predicted octanol–water partition coefficient (Wildman–Crippen LogP) is 1.75. The Bertz CT molecular complexity index is 1320. The molecule has 2 aromatic heterocycles. The van der Waals surface area contributed by atoms with Crippen LogP contribution in [0.4, 0.5) is 0 Å². The molecule has 0 unspecified atom stereocenters. The van der Waals surface area contributed by atoms with Gasteiger partial charge in [0.1, 0.15) is 11.4 Å². The molecule has 1 amide bonds. The highest BCUT2D eigenvalue weighted by atomic mass is 32.2. The first-order chi connectivity index (χ1) is 14.2. The lowest BCUT2D eigenvalue weighted by Gasteiger charge is -2.13. The number of aromatic nitrogens is 3. The van der Waals surface area contributed by atoms with Gasteiger partial charge in [0.05, 0.1) is 15.9 Å². The molecule has 0 fully saturated rings. The number of hydrogen-bond acceptors (Lipinski definition) is 6. The third kappa shape index (κ3) is 4.31. The van der Waals surface area contributed by atoms with Crippen molar-refractivity contribution < 1.29 is 9.00 Å². The number of nitrogens with zero attached hydrogens (tertiary/aromatic N) is 5. The molecule has 0 aliphatic carbocycles. The number of nitriles is 1. The van der Waals surface area contributed by atoms with Crippen molar-refractivity contribution in [3.8, 4) is 12.0 Å². The smallest absolute Gasteiger partial charge is 0.257 e. The van der Waals surface area contributed by atoms with Crippen LogP contribution < -0.4 is 10.7 Å². The van der Waals surface area contributed by atoms with Gasteiger partial charge in [-0.25, -0.2) is 4.21 Å². The number of pyridine rings is 1. The SMILES string of the molecule is Cc1cc(=O)c(C(=O)NCc2ccc([S@](C)(=O)=NC#N)cc2)cn1-c1ccnn1C. The summed E-state index contributed by atoms with van der Waals surface area (Å²) in [5, 5.41) is 15.5. The first-order valence-corrected chi connectivity index (χ1v) is 10.8. The van der Waals surface area contributed by atoms with Crippen LogP contribution in [0.1, 0.15) is 21.6 Å². The number of rotatable bonds is 5. The molecule has 154 valence electrons. The van der Waals surface area contributed by atoms with Gasteiger partial charge in [-0.2, -0.15) is 10.4 Å². The number of carbonyl (C=O) groups is 1. The average Bonchev–Trinajstić information content (AvgIpc) is 3.12. The summed E-state index contributed by atoms with van der Waals surface area (Å²) < 4.78 is 19.1. The van der Waals surface area contributed by atoms with Crippen molar-refractivity contribution in [2.45, 2.75) is 18.4 Å². The highest BCUT2D eigenvalue weighted by molar-refractivity contribution is 7.93. The highest BCUT2D eigenvalue weighted by Crippen LogP contribution is 2.13. The van der Waals surface area contributed by atoms with E-state index in [1.54, 1.807) is 65.9 Å². The number of amides is 1. The maximum Gasteiger partial charge on any atom is 0.257 e. The fraction of sp³-hybridized carbons (Fsp3) is 0.200. The Balaban J connectivity index is 1.80. The molecule has 0 bridgehead atoms. The lowest BCUT2D eigenvalue weighted by molar-refractivity contribution is 0.0949. The molecule has 2 heterocycles. The van der Waals surface area contributed by atoms with Crippen LogP contribution in [0.25, 0.3) is 5.82 Å². The summed E-state index contributed by atoms with van der Waals surface area (Å²) in [6.07, 6.45) is 6.09. The molecule has 0 saturated heterocycles. The van der Waals surface area contributed by atoms with E-state index in [1.807, 2.05) is 0 Å². The van der Waals surface area contributed by atoms with Crippen LogP contribution in [-0.2, 0) is 23.3 Å². The van der Waals surface area contributed by atoms with Crippen molar-refractivity contribution in [2.75, 3.05) is 6.26 Å². The molecule has 0 aliphatic heterocycles. The Kier molecular flexibility index (Phi) is 5.84. The molecule has 1 aromatic carbocycles. The zero-order valence-corrected chi connectivity index (χ0v) is 17.5. The number of hydrogen-bond donors (Lipinski definition) is 1. The molecular weight excluding hydrogens is 404 g/mol. The molecule has 1 N–H and O–H groups in total. The first-order valence-electron chi connectivity index (χ1n) is 8.92. The summed E-state index contributed by atoms with van der Waals surface area (Å²) in [5.41, 5.74) is 1.07. The van der Waals surface area contributed by atoms with Gasteiger partial charge in [0.2, 0.25) is 6.19 Å². The lowest BCUT2D eigenvalue weighted by atomic mass is 10.2. The fourth-order valence-corrected chi connectivity index (χ4v) is 3.82. The molecule has 0 aliphatic rings. The number of carbonyl (C=O) groups excluding carboxylic acids is 1. The van der Waals surface area contributed by atoms with Gasteiger partial charge in [-0.1, -0.05) is 12.1 Å². The van der Waals surface area contributed by atoms with Gasteiger partial charge >= 0.3 is 0 Å². The molecule has 0 radical (unpaired) electrons. The molecule has 3 aromatic rings. The van der Waals surface area contributed by atoms with Gasteiger partial charge < -0.3 is 9.88 Å². The quantitative estimate of drug-likeness (QED) is 0.625. The van der Waals surface area contributed by atoms with E-state index in [9.17, 15) is 13.8 Å². The Morgan fingerprint density at radius 3 is 2.60 bits per heavy atom. The van der Waals surface area contributed by atoms with Gasteiger partial charge in [-0.05, 0) is 24.6 Å². The average molecular weight is 424 g/mol. The van der Waals surface area contributed by atoms with Crippen molar-refractivity contribution >= 4 is 15.6 Å². The summed E-state index contributed by atoms with van der Waals surface area (Å²) >= 11 is 0. The Labute approximate surface area is 173 Å². The molecule has 3 rings (SSSR count). The standard InChI is InChI=1S/C20H20N6O3S/c1-14-10-18(27)17(12-26(14)19-8-9-23-25(19)2)20(28)22-11-15-4-6-16(7-5-15)30(3,29)24-13-21/h4-10,12H,11H2,1-3H3,(H,22,28)/t30-/m0/s1. The summed E-state index contributed by atoms with van der Waals surface area (Å²) in [4.78, 5) is 25.4. The number of nitrogens with one attached hydrogen (secondary N) is 1. The Hall–Kier alpha value is -3.71. The van der Waals surface area contributed by atoms with E-state index in [-0.39, 0.29) is 17.5 Å². The van der Waals surface area contributed by atoms with Crippen molar-refractivity contribution in [1.82, 2.24) is 19.7 Å². The van der Waals surface area contributed by atoms with Gasteiger partial charge in [0, 0.05) is 48.8 Å². The molecule has 0 spiro atoms. The van der Waals surface area contributed by atoms with E-state index < -0.39 is 15.6 Å². The van der Waals surface area contributed by atoms with Crippen LogP contribution in [-0.4, -0.2) is 30.7 Å². The third-order valence-corrected chi connectivity index (χ3v) is 6.14. The minimum Gasteiger partial charge on any atom is -0.348 e. The van der Waals surface area contributed by atoms with E-state index >= 15 is 0 Å². The molecule has 0 saturated carbocycles. The van der Waals surface area contributed by atoms with E-state index in [0.717, 1.165) is 11.4 Å². The minimum absolute atomic E-state index is 0.0165. The zero-order valence-electron chi connectivity index (χ0n) is 16.7. The van der Waals surface area contributed by atoms with Crippen molar-refractivity contribution in [2.24, 2.45) is 11.4 Å². The van der Waals surface area contributed by atoms with E-state index in [1.165, 1.54) is 18.5 Å². The van der Waals surface area contributed by atoms with Gasteiger partial charge in [-0.15, -0.1) is 4.36 Å². The molecular formula is C20H20N6O3S. The van der Waals surface area contributed by atoms with Crippen LogP contribution in [0.5, 0.6) is 0 Å². The Morgan fingerprint density at radius 1 is 1.30 bits per heavy atom. The minimum atomic E-state index is -2.77. The highest BCUT2D eigenvalue weighted by Gasteiger charge is 2.14. The largest absolute Gasteiger partial charge is 0.348 e. The summed E-state index contributed by atoms with van der Waals surface area (Å²) in [7, 11) is -0.993. The zero-order chi connectivity index (χ0) is 21.9. The van der Waals surface area contributed by atoms with Gasteiger partial charge in [-0.3, -0.25) is 14.3 Å². The van der Waals surface area contributed by atoms with E-state index in [4.69, 9.17) is 5.26 Å². The molecule has 10 heteroatoms.